The summed E-state index contributed by atoms with van der Waals surface area (Å²) in [6.45, 7) is 7.64. The quantitative estimate of drug-likeness (QED) is 0.769. The number of carbonyl (C=O) groups excluding carboxylic acids is 2. The third kappa shape index (κ3) is 3.44. The van der Waals surface area contributed by atoms with Crippen molar-refractivity contribution < 1.29 is 14.7 Å². The Hall–Kier alpha value is -0.710. The maximum absolute atomic E-state index is 12.2. The van der Waals surface area contributed by atoms with E-state index in [0.717, 1.165) is 37.6 Å². The molecular formula is C14H22NO3S-. The number of hydrogen-bond acceptors (Lipinski definition) is 4. The van der Waals surface area contributed by atoms with Gasteiger partial charge in [0.05, 0.1) is 11.7 Å². The van der Waals surface area contributed by atoms with Crippen molar-refractivity contribution in [3.05, 3.63) is 0 Å². The lowest BCUT2D eigenvalue weighted by molar-refractivity contribution is -0.301. The van der Waals surface area contributed by atoms with Gasteiger partial charge in [-0.15, -0.1) is 11.8 Å². The zero-order chi connectivity index (χ0) is 14.3. The molecule has 0 unspecified atom stereocenters. The Morgan fingerprint density at radius 2 is 1.95 bits per heavy atom. The molecule has 0 spiro atoms. The second-order valence-corrected chi connectivity index (χ2v) is 8.09. The second kappa shape index (κ2) is 5.00. The number of carbonyl (C=O) groups is 2. The van der Waals surface area contributed by atoms with Crippen molar-refractivity contribution in [2.75, 3.05) is 18.1 Å². The number of nitrogens with zero attached hydrogens (tertiary/aromatic N) is 1. The lowest BCUT2D eigenvalue weighted by atomic mass is 9.65. The molecule has 2 fully saturated rings. The number of fused-ring (bicyclic) bond motifs is 2. The minimum Gasteiger partial charge on any atom is -0.549 e. The zero-order valence-corrected chi connectivity index (χ0v) is 12.7. The largest absolute Gasteiger partial charge is 0.549 e. The molecule has 1 aliphatic carbocycles. The van der Waals surface area contributed by atoms with E-state index in [4.69, 9.17) is 0 Å². The van der Waals surface area contributed by atoms with Crippen molar-refractivity contribution in [3.63, 3.8) is 0 Å². The molecule has 0 radical (unpaired) electrons. The fraction of sp³-hybridized carbons (Fsp3) is 0.857. The smallest absolute Gasteiger partial charge is 0.232 e. The van der Waals surface area contributed by atoms with Crippen LogP contribution in [-0.4, -0.2) is 40.9 Å². The van der Waals surface area contributed by atoms with Crippen LogP contribution >= 0.6 is 11.8 Å². The van der Waals surface area contributed by atoms with Crippen molar-refractivity contribution >= 4 is 23.6 Å². The molecule has 1 heterocycles. The molecule has 19 heavy (non-hydrogen) atoms. The van der Waals surface area contributed by atoms with Crippen LogP contribution in [0.3, 0.4) is 0 Å². The number of carboxylic acids is 1. The average molecular weight is 284 g/mol. The summed E-state index contributed by atoms with van der Waals surface area (Å²) in [4.78, 5) is 24.6. The molecule has 1 aliphatic heterocycles. The fourth-order valence-electron chi connectivity index (χ4n) is 4.06. The van der Waals surface area contributed by atoms with Crippen LogP contribution in [0.5, 0.6) is 0 Å². The van der Waals surface area contributed by atoms with Gasteiger partial charge >= 0.3 is 0 Å². The minimum absolute atomic E-state index is 0.0812. The summed E-state index contributed by atoms with van der Waals surface area (Å²) in [5.74, 6) is -0.877. The van der Waals surface area contributed by atoms with Gasteiger partial charge in [-0.25, -0.2) is 0 Å². The highest BCUT2D eigenvalue weighted by Crippen LogP contribution is 2.52. The normalized spacial score (nSPS) is 32.4. The van der Waals surface area contributed by atoms with Crippen molar-refractivity contribution in [1.29, 1.82) is 0 Å². The third-order valence-corrected chi connectivity index (χ3v) is 5.07. The molecule has 1 amide bonds. The van der Waals surface area contributed by atoms with Crippen molar-refractivity contribution in [2.45, 2.75) is 46.1 Å². The van der Waals surface area contributed by atoms with E-state index in [9.17, 15) is 14.7 Å². The molecule has 5 heteroatoms. The summed E-state index contributed by atoms with van der Waals surface area (Å²) in [5, 5.41) is 10.4. The van der Waals surface area contributed by atoms with E-state index in [1.807, 2.05) is 4.90 Å². The maximum atomic E-state index is 12.2. The minimum atomic E-state index is -1.11. The molecule has 2 aliphatic rings. The molecule has 0 aromatic rings. The first-order valence-corrected chi connectivity index (χ1v) is 7.93. The van der Waals surface area contributed by atoms with Gasteiger partial charge in [0.2, 0.25) is 5.91 Å². The Kier molecular flexibility index (Phi) is 3.87. The first-order valence-electron chi connectivity index (χ1n) is 6.78. The molecule has 108 valence electrons. The van der Waals surface area contributed by atoms with E-state index in [-0.39, 0.29) is 22.8 Å². The van der Waals surface area contributed by atoms with E-state index in [2.05, 4.69) is 20.8 Å². The van der Waals surface area contributed by atoms with Crippen LogP contribution in [-0.2, 0) is 9.59 Å². The predicted molar refractivity (Wildman–Crippen MR) is 73.6 cm³/mol. The van der Waals surface area contributed by atoms with Gasteiger partial charge in [0.25, 0.3) is 0 Å². The molecule has 1 saturated carbocycles. The zero-order valence-electron chi connectivity index (χ0n) is 11.9. The van der Waals surface area contributed by atoms with Crippen LogP contribution in [0.1, 0.15) is 40.0 Å². The van der Waals surface area contributed by atoms with Crippen LogP contribution in [0.15, 0.2) is 0 Å². The molecule has 2 rings (SSSR count). The number of rotatable bonds is 4. The van der Waals surface area contributed by atoms with Gasteiger partial charge < -0.3 is 14.8 Å². The monoisotopic (exact) mass is 284 g/mol. The summed E-state index contributed by atoms with van der Waals surface area (Å²) < 4.78 is 0. The van der Waals surface area contributed by atoms with Crippen LogP contribution in [0.25, 0.3) is 0 Å². The second-order valence-electron chi connectivity index (χ2n) is 7.10. The van der Waals surface area contributed by atoms with Gasteiger partial charge in [0, 0.05) is 18.3 Å². The molecule has 0 aromatic carbocycles. The lowest BCUT2D eigenvalue weighted by Crippen LogP contribution is -2.38. The summed E-state index contributed by atoms with van der Waals surface area (Å²) in [6, 6.07) is 0.338. The summed E-state index contributed by atoms with van der Waals surface area (Å²) in [7, 11) is 0. The highest BCUT2D eigenvalue weighted by Gasteiger charge is 2.50. The molecular weight excluding hydrogens is 262 g/mol. The molecule has 1 saturated heterocycles. The number of carboxylic acid groups (broad SMARTS) is 1. The first kappa shape index (κ1) is 14.7. The Morgan fingerprint density at radius 1 is 1.26 bits per heavy atom. The Balaban J connectivity index is 1.95. The number of likely N-dealkylation sites (tertiary alicyclic amines) is 1. The van der Waals surface area contributed by atoms with Crippen molar-refractivity contribution in [2.24, 2.45) is 10.8 Å². The predicted octanol–water partition coefficient (Wildman–Crippen LogP) is 0.897. The molecule has 4 nitrogen and oxygen atoms in total. The topological polar surface area (TPSA) is 60.4 Å². The summed E-state index contributed by atoms with van der Waals surface area (Å²) in [6.07, 6.45) is 3.30. The number of amides is 1. The van der Waals surface area contributed by atoms with Crippen LogP contribution in [0, 0.1) is 10.8 Å². The van der Waals surface area contributed by atoms with E-state index < -0.39 is 5.97 Å². The highest BCUT2D eigenvalue weighted by molar-refractivity contribution is 8.00. The highest BCUT2D eigenvalue weighted by atomic mass is 32.2. The van der Waals surface area contributed by atoms with E-state index in [1.54, 1.807) is 0 Å². The summed E-state index contributed by atoms with van der Waals surface area (Å²) >= 11 is 1.14. The van der Waals surface area contributed by atoms with Gasteiger partial charge in [-0.2, -0.15) is 0 Å². The first-order chi connectivity index (χ1) is 8.71. The van der Waals surface area contributed by atoms with Gasteiger partial charge in [-0.1, -0.05) is 20.8 Å². The van der Waals surface area contributed by atoms with E-state index in [0.29, 0.717) is 11.5 Å². The van der Waals surface area contributed by atoms with Gasteiger partial charge in [0.1, 0.15) is 0 Å². The van der Waals surface area contributed by atoms with Crippen LogP contribution < -0.4 is 5.11 Å². The summed E-state index contributed by atoms with van der Waals surface area (Å²) in [5.41, 5.74) is 0.534. The number of thioether (sulfide) groups is 1. The van der Waals surface area contributed by atoms with Crippen molar-refractivity contribution in [3.8, 4) is 0 Å². The molecule has 2 bridgehead atoms. The SMILES string of the molecule is CC1(C)C[C@H]2C[C@](C)(CN2C(=O)CSCC(=O)[O-])C1. The van der Waals surface area contributed by atoms with Gasteiger partial charge in [-0.05, 0) is 30.1 Å². The number of aliphatic carboxylic acids is 1. The standard InChI is InChI=1S/C14H23NO3S/c1-13(2)4-10-5-14(3,8-13)9-15(10)11(16)6-19-7-12(17)18/h10H,4-9H2,1-3H3,(H,17,18)/p-1/t10-,14-/m0/s1. The fourth-order valence-corrected chi connectivity index (χ4v) is 4.67. The Labute approximate surface area is 118 Å². The lowest BCUT2D eigenvalue weighted by Gasteiger charge is -2.39. The maximum Gasteiger partial charge on any atom is 0.232 e. The van der Waals surface area contributed by atoms with E-state index >= 15 is 0 Å². The third-order valence-electron chi connectivity index (χ3n) is 4.18. The van der Waals surface area contributed by atoms with Crippen LogP contribution in [0.4, 0.5) is 0 Å². The molecule has 0 aromatic heterocycles. The van der Waals surface area contributed by atoms with Crippen LogP contribution in [0.2, 0.25) is 0 Å². The molecule has 0 N–H and O–H groups in total. The Morgan fingerprint density at radius 3 is 2.58 bits per heavy atom. The molecule has 2 atom stereocenters. The number of hydrogen-bond donors (Lipinski definition) is 0. The Bertz CT molecular complexity index is 396. The van der Waals surface area contributed by atoms with Gasteiger partial charge in [-0.3, -0.25) is 4.79 Å². The van der Waals surface area contributed by atoms with E-state index in [1.165, 1.54) is 0 Å². The average Bonchev–Trinajstić information content (AvgIpc) is 2.47. The van der Waals surface area contributed by atoms with Gasteiger partial charge in [0.15, 0.2) is 0 Å². The van der Waals surface area contributed by atoms with Crippen molar-refractivity contribution in [1.82, 2.24) is 4.90 Å².